The Morgan fingerprint density at radius 2 is 0.449 bits per heavy atom. The Balaban J connectivity index is 3.24. The average molecular weight is 693 g/mol. The molecule has 0 radical (unpaired) electrons. The second kappa shape index (κ2) is 43.1. The predicted molar refractivity (Wildman–Crippen MR) is 213 cm³/mol. The molecule has 0 heterocycles. The van der Waals surface area contributed by atoms with E-state index in [4.69, 9.17) is 9.47 Å². The van der Waals surface area contributed by atoms with Gasteiger partial charge in [0.1, 0.15) is 0 Å². The molecule has 0 spiro atoms. The number of unbranched alkanes of at least 4 members (excludes halogenated alkanes) is 34. The topological polar surface area (TPSA) is 52.6 Å². The van der Waals surface area contributed by atoms with Crippen molar-refractivity contribution in [1.82, 2.24) is 0 Å². The minimum Gasteiger partial charge on any atom is -0.466 e. The monoisotopic (exact) mass is 693 g/mol. The Morgan fingerprint density at radius 3 is 0.673 bits per heavy atom. The van der Waals surface area contributed by atoms with E-state index in [1.807, 2.05) is 0 Å². The van der Waals surface area contributed by atoms with Crippen LogP contribution in [0.5, 0.6) is 0 Å². The van der Waals surface area contributed by atoms with Crippen LogP contribution in [0.25, 0.3) is 0 Å². The molecule has 0 bridgehead atoms. The van der Waals surface area contributed by atoms with E-state index in [9.17, 15) is 9.59 Å². The molecule has 4 nitrogen and oxygen atoms in total. The maximum Gasteiger partial charge on any atom is 0.305 e. The van der Waals surface area contributed by atoms with Gasteiger partial charge in [0, 0.05) is 12.8 Å². The van der Waals surface area contributed by atoms with Gasteiger partial charge < -0.3 is 9.47 Å². The zero-order chi connectivity index (χ0) is 35.6. The van der Waals surface area contributed by atoms with Gasteiger partial charge in [-0.1, -0.05) is 226 Å². The molecule has 0 aromatic carbocycles. The van der Waals surface area contributed by atoms with Gasteiger partial charge in [0.25, 0.3) is 0 Å². The van der Waals surface area contributed by atoms with E-state index in [0.717, 1.165) is 44.9 Å². The summed E-state index contributed by atoms with van der Waals surface area (Å²) in [5.41, 5.74) is 0. The number of rotatable bonds is 42. The zero-order valence-electron chi connectivity index (χ0n) is 33.6. The first-order chi connectivity index (χ1) is 24.2. The number of carbonyl (C=O) groups excluding carboxylic acids is 2. The molecule has 0 N–H and O–H groups in total. The maximum absolute atomic E-state index is 12.0. The lowest BCUT2D eigenvalue weighted by Crippen LogP contribution is -2.06. The summed E-state index contributed by atoms with van der Waals surface area (Å²) >= 11 is 0. The van der Waals surface area contributed by atoms with Crippen molar-refractivity contribution in [3.63, 3.8) is 0 Å². The molecule has 0 aliphatic carbocycles. The van der Waals surface area contributed by atoms with Crippen LogP contribution in [-0.4, -0.2) is 25.2 Å². The quantitative estimate of drug-likeness (QED) is 0.0472. The minimum atomic E-state index is -0.0429. The molecular formula is C45H88O4. The maximum atomic E-state index is 12.0. The molecule has 0 unspecified atom stereocenters. The van der Waals surface area contributed by atoms with Crippen molar-refractivity contribution in [2.45, 2.75) is 264 Å². The van der Waals surface area contributed by atoms with Gasteiger partial charge in [-0.25, -0.2) is 0 Å². The van der Waals surface area contributed by atoms with Crippen LogP contribution in [0.15, 0.2) is 0 Å². The standard InChI is InChI=1S/C45H88O4/c1-3-5-7-9-11-13-15-17-19-21-23-25-27-29-34-38-42-48-44(46)40-36-32-31-33-37-41-45(47)49-43-39-35-30-28-26-24-22-20-18-16-14-12-10-8-6-4-2/h3-43H2,1-2H3. The smallest absolute Gasteiger partial charge is 0.305 e. The van der Waals surface area contributed by atoms with Crippen LogP contribution in [0.4, 0.5) is 0 Å². The third-order valence-electron chi connectivity index (χ3n) is 10.3. The summed E-state index contributed by atoms with van der Waals surface area (Å²) in [6, 6.07) is 0. The molecule has 292 valence electrons. The fraction of sp³-hybridized carbons (Fsp3) is 0.956. The lowest BCUT2D eigenvalue weighted by atomic mass is 10.0. The summed E-state index contributed by atoms with van der Waals surface area (Å²) < 4.78 is 10.9. The van der Waals surface area contributed by atoms with Gasteiger partial charge in [0.2, 0.25) is 0 Å². The van der Waals surface area contributed by atoms with Crippen molar-refractivity contribution >= 4 is 11.9 Å². The molecule has 0 amide bonds. The van der Waals surface area contributed by atoms with Gasteiger partial charge in [-0.15, -0.1) is 0 Å². The number of ether oxygens (including phenoxy) is 2. The van der Waals surface area contributed by atoms with Crippen molar-refractivity contribution in [2.75, 3.05) is 13.2 Å². The summed E-state index contributed by atoms with van der Waals surface area (Å²) in [5, 5.41) is 0. The minimum absolute atomic E-state index is 0.0429. The molecule has 0 aromatic rings. The van der Waals surface area contributed by atoms with Gasteiger partial charge in [-0.05, 0) is 25.7 Å². The van der Waals surface area contributed by atoms with E-state index in [1.165, 1.54) is 193 Å². The number of hydrogen-bond donors (Lipinski definition) is 0. The molecule has 0 saturated heterocycles. The van der Waals surface area contributed by atoms with E-state index in [2.05, 4.69) is 13.8 Å². The highest BCUT2D eigenvalue weighted by Crippen LogP contribution is 2.16. The molecule has 0 aliphatic heterocycles. The van der Waals surface area contributed by atoms with Gasteiger partial charge >= 0.3 is 11.9 Å². The van der Waals surface area contributed by atoms with Gasteiger partial charge in [0.05, 0.1) is 13.2 Å². The highest BCUT2D eigenvalue weighted by atomic mass is 16.5. The van der Waals surface area contributed by atoms with Crippen LogP contribution < -0.4 is 0 Å². The first kappa shape index (κ1) is 47.9. The largest absolute Gasteiger partial charge is 0.466 e. The number of esters is 2. The number of hydrogen-bond acceptors (Lipinski definition) is 4. The predicted octanol–water partition coefficient (Wildman–Crippen LogP) is 15.3. The normalized spacial score (nSPS) is 11.3. The van der Waals surface area contributed by atoms with Crippen molar-refractivity contribution in [3.8, 4) is 0 Å². The summed E-state index contributed by atoms with van der Waals surface area (Å²) in [4.78, 5) is 24.0. The van der Waals surface area contributed by atoms with E-state index >= 15 is 0 Å². The SMILES string of the molecule is CCCCCCCCCCCCCCCCCCOC(=O)CCCCCCCC(=O)OCCCCCCCCCCCCCCCCCC. The molecule has 0 aliphatic rings. The van der Waals surface area contributed by atoms with Gasteiger partial charge in [0.15, 0.2) is 0 Å². The third-order valence-corrected chi connectivity index (χ3v) is 10.3. The van der Waals surface area contributed by atoms with E-state index in [1.54, 1.807) is 0 Å². The summed E-state index contributed by atoms with van der Waals surface area (Å²) in [6.07, 6.45) is 49.3. The molecule has 0 saturated carbocycles. The molecule has 0 aromatic heterocycles. The third kappa shape index (κ3) is 43.0. The van der Waals surface area contributed by atoms with E-state index in [0.29, 0.717) is 26.1 Å². The second-order valence-electron chi connectivity index (χ2n) is 15.3. The van der Waals surface area contributed by atoms with Crippen LogP contribution in [-0.2, 0) is 19.1 Å². The molecular weight excluding hydrogens is 604 g/mol. The van der Waals surface area contributed by atoms with E-state index in [-0.39, 0.29) is 11.9 Å². The Labute approximate surface area is 307 Å². The van der Waals surface area contributed by atoms with Crippen LogP contribution in [0.1, 0.15) is 264 Å². The molecule has 4 heteroatoms. The second-order valence-corrected chi connectivity index (χ2v) is 15.3. The molecule has 0 rings (SSSR count). The lowest BCUT2D eigenvalue weighted by Gasteiger charge is -2.06. The van der Waals surface area contributed by atoms with Crippen LogP contribution >= 0.6 is 0 Å². The summed E-state index contributed by atoms with van der Waals surface area (Å²) in [6.45, 7) is 5.74. The van der Waals surface area contributed by atoms with Crippen LogP contribution in [0.2, 0.25) is 0 Å². The molecule has 0 fully saturated rings. The Kier molecular flexibility index (Phi) is 42.2. The van der Waals surface area contributed by atoms with Gasteiger partial charge in [-0.2, -0.15) is 0 Å². The van der Waals surface area contributed by atoms with Crippen LogP contribution in [0.3, 0.4) is 0 Å². The Hall–Kier alpha value is -1.06. The average Bonchev–Trinajstić information content (AvgIpc) is 3.10. The fourth-order valence-electron chi connectivity index (χ4n) is 6.89. The molecule has 0 atom stereocenters. The number of carbonyl (C=O) groups is 2. The summed E-state index contributed by atoms with van der Waals surface area (Å²) in [5.74, 6) is -0.0859. The van der Waals surface area contributed by atoms with Crippen molar-refractivity contribution in [3.05, 3.63) is 0 Å². The summed E-state index contributed by atoms with van der Waals surface area (Å²) in [7, 11) is 0. The Bertz CT molecular complexity index is 594. The fourth-order valence-corrected chi connectivity index (χ4v) is 6.89. The first-order valence-corrected chi connectivity index (χ1v) is 22.5. The lowest BCUT2D eigenvalue weighted by molar-refractivity contribution is -0.144. The molecule has 49 heavy (non-hydrogen) atoms. The highest BCUT2D eigenvalue weighted by Gasteiger charge is 2.05. The first-order valence-electron chi connectivity index (χ1n) is 22.5. The van der Waals surface area contributed by atoms with Gasteiger partial charge in [-0.3, -0.25) is 9.59 Å². The zero-order valence-corrected chi connectivity index (χ0v) is 33.6. The Morgan fingerprint density at radius 1 is 0.265 bits per heavy atom. The van der Waals surface area contributed by atoms with Crippen molar-refractivity contribution < 1.29 is 19.1 Å². The van der Waals surface area contributed by atoms with Crippen molar-refractivity contribution in [1.29, 1.82) is 0 Å². The van der Waals surface area contributed by atoms with E-state index < -0.39 is 0 Å². The van der Waals surface area contributed by atoms with Crippen molar-refractivity contribution in [2.24, 2.45) is 0 Å². The van der Waals surface area contributed by atoms with Crippen LogP contribution in [0, 0.1) is 0 Å². The highest BCUT2D eigenvalue weighted by molar-refractivity contribution is 5.69.